The lowest BCUT2D eigenvalue weighted by atomic mass is 10.0. The molecule has 0 saturated heterocycles. The zero-order chi connectivity index (χ0) is 21.3. The Balaban J connectivity index is 2.27. The van der Waals surface area contributed by atoms with Crippen LogP contribution in [0.25, 0.3) is 10.9 Å². The maximum absolute atomic E-state index is 12.6. The summed E-state index contributed by atoms with van der Waals surface area (Å²) in [6, 6.07) is 14.7. The first-order valence-corrected chi connectivity index (χ1v) is 9.05. The van der Waals surface area contributed by atoms with Gasteiger partial charge in [0, 0.05) is 12.2 Å². The summed E-state index contributed by atoms with van der Waals surface area (Å²) >= 11 is 0. The number of carbonyl (C=O) groups is 3. The van der Waals surface area contributed by atoms with Crippen LogP contribution in [0.5, 0.6) is 5.75 Å². The number of aromatic nitrogens is 1. The number of benzene rings is 2. The van der Waals surface area contributed by atoms with Gasteiger partial charge in [0.05, 0.1) is 16.5 Å². The van der Waals surface area contributed by atoms with Gasteiger partial charge in [-0.3, -0.25) is 9.59 Å². The van der Waals surface area contributed by atoms with Gasteiger partial charge in [-0.15, -0.1) is 0 Å². The maximum Gasteiger partial charge on any atom is 0.347 e. The summed E-state index contributed by atoms with van der Waals surface area (Å²) in [5.74, 6) is -2.88. The van der Waals surface area contributed by atoms with Crippen molar-refractivity contribution >= 4 is 28.6 Å². The fraction of sp³-hybridized carbons (Fsp3) is 0.227. The first-order valence-electron chi connectivity index (χ1n) is 9.05. The summed E-state index contributed by atoms with van der Waals surface area (Å²) in [6.07, 6.45) is 0. The molecule has 2 aromatic carbocycles. The second kappa shape index (κ2) is 7.43. The van der Waals surface area contributed by atoms with E-state index in [1.165, 1.54) is 13.8 Å². The van der Waals surface area contributed by atoms with Crippen LogP contribution >= 0.6 is 0 Å². The molecule has 0 aliphatic rings. The molecule has 3 aromatic rings. The minimum atomic E-state index is -1.53. The number of nitrogens with zero attached hydrogens (tertiary/aromatic N) is 1. The number of carbonyl (C=O) groups excluding carboxylic acids is 2. The van der Waals surface area contributed by atoms with Gasteiger partial charge in [0.25, 0.3) is 11.7 Å². The van der Waals surface area contributed by atoms with E-state index in [9.17, 15) is 19.5 Å². The van der Waals surface area contributed by atoms with Gasteiger partial charge in [-0.1, -0.05) is 36.4 Å². The molecule has 0 fully saturated rings. The van der Waals surface area contributed by atoms with E-state index in [0.29, 0.717) is 23.1 Å². The molecule has 3 rings (SSSR count). The summed E-state index contributed by atoms with van der Waals surface area (Å²) in [5.41, 5.74) is 6.08. The number of primary amides is 1. The Labute approximate surface area is 167 Å². The summed E-state index contributed by atoms with van der Waals surface area (Å²) in [6.45, 7) is 5.02. The van der Waals surface area contributed by atoms with E-state index < -0.39 is 23.3 Å². The smallest absolute Gasteiger partial charge is 0.347 e. The molecule has 0 aliphatic heterocycles. The number of fused-ring (bicyclic) bond motifs is 1. The number of ether oxygens (including phenoxy) is 1. The SMILES string of the molecule is Cc1c(C(=O)C(N)=O)c2c(OC(C)(C)C(=O)O)cccc2n1Cc1ccccc1. The van der Waals surface area contributed by atoms with E-state index in [4.69, 9.17) is 10.5 Å². The highest BCUT2D eigenvalue weighted by atomic mass is 16.5. The minimum absolute atomic E-state index is 0.125. The number of amides is 1. The van der Waals surface area contributed by atoms with Gasteiger partial charge in [-0.05, 0) is 38.5 Å². The number of hydrogen-bond donors (Lipinski definition) is 2. The molecule has 0 bridgehead atoms. The Kier molecular flexibility index (Phi) is 5.16. The van der Waals surface area contributed by atoms with Gasteiger partial charge in [0.1, 0.15) is 5.75 Å². The molecular weight excluding hydrogens is 372 g/mol. The normalized spacial score (nSPS) is 11.4. The second-order valence-corrected chi connectivity index (χ2v) is 7.29. The number of ketones is 1. The highest BCUT2D eigenvalue weighted by molar-refractivity contribution is 6.45. The molecule has 29 heavy (non-hydrogen) atoms. The van der Waals surface area contributed by atoms with Gasteiger partial charge in [-0.2, -0.15) is 0 Å². The molecule has 0 atom stereocenters. The summed E-state index contributed by atoms with van der Waals surface area (Å²) < 4.78 is 7.64. The Hall–Kier alpha value is -3.61. The maximum atomic E-state index is 12.6. The van der Waals surface area contributed by atoms with E-state index in [1.807, 2.05) is 34.9 Å². The number of Topliss-reactive ketones (excluding diaryl/α,β-unsaturated/α-hetero) is 1. The molecule has 7 nitrogen and oxygen atoms in total. The van der Waals surface area contributed by atoms with E-state index in [1.54, 1.807) is 25.1 Å². The topological polar surface area (TPSA) is 112 Å². The van der Waals surface area contributed by atoms with Gasteiger partial charge in [0.15, 0.2) is 5.60 Å². The molecule has 1 heterocycles. The lowest BCUT2D eigenvalue weighted by Gasteiger charge is -2.22. The van der Waals surface area contributed by atoms with Crippen molar-refractivity contribution in [3.8, 4) is 5.75 Å². The fourth-order valence-corrected chi connectivity index (χ4v) is 3.27. The first-order chi connectivity index (χ1) is 13.6. The van der Waals surface area contributed by atoms with Crippen LogP contribution in [0, 0.1) is 6.92 Å². The van der Waals surface area contributed by atoms with E-state index in [0.717, 1.165) is 5.56 Å². The number of aliphatic carboxylic acids is 1. The van der Waals surface area contributed by atoms with Crippen molar-refractivity contribution in [1.29, 1.82) is 0 Å². The fourth-order valence-electron chi connectivity index (χ4n) is 3.27. The van der Waals surface area contributed by atoms with E-state index in [-0.39, 0.29) is 11.3 Å². The summed E-state index contributed by atoms with van der Waals surface area (Å²) in [7, 11) is 0. The van der Waals surface area contributed by atoms with Crippen LogP contribution in [0.3, 0.4) is 0 Å². The third-order valence-corrected chi connectivity index (χ3v) is 4.83. The van der Waals surface area contributed by atoms with Crippen molar-refractivity contribution in [2.75, 3.05) is 0 Å². The predicted molar refractivity (Wildman–Crippen MR) is 108 cm³/mol. The van der Waals surface area contributed by atoms with E-state index in [2.05, 4.69) is 0 Å². The molecule has 0 unspecified atom stereocenters. The summed E-state index contributed by atoms with van der Waals surface area (Å²) in [5, 5.41) is 9.80. The van der Waals surface area contributed by atoms with Gasteiger partial charge in [0.2, 0.25) is 0 Å². The quantitative estimate of drug-likeness (QED) is 0.473. The minimum Gasteiger partial charge on any atom is -0.478 e. The molecule has 0 radical (unpaired) electrons. The second-order valence-electron chi connectivity index (χ2n) is 7.29. The zero-order valence-electron chi connectivity index (χ0n) is 16.4. The number of rotatable bonds is 7. The van der Waals surface area contributed by atoms with Crippen molar-refractivity contribution in [1.82, 2.24) is 4.57 Å². The Morgan fingerprint density at radius 2 is 1.72 bits per heavy atom. The van der Waals surface area contributed by atoms with Crippen LogP contribution in [0.15, 0.2) is 48.5 Å². The van der Waals surface area contributed by atoms with Crippen LogP contribution < -0.4 is 10.5 Å². The molecule has 0 saturated carbocycles. The van der Waals surface area contributed by atoms with Gasteiger partial charge in [-0.25, -0.2) is 4.79 Å². The van der Waals surface area contributed by atoms with Crippen LogP contribution in [-0.4, -0.2) is 32.9 Å². The predicted octanol–water partition coefficient (Wildman–Crippen LogP) is 2.91. The molecule has 150 valence electrons. The molecule has 1 amide bonds. The lowest BCUT2D eigenvalue weighted by Crippen LogP contribution is -2.38. The van der Waals surface area contributed by atoms with Gasteiger partial charge >= 0.3 is 5.97 Å². The number of hydrogen-bond acceptors (Lipinski definition) is 4. The molecule has 7 heteroatoms. The van der Waals surface area contributed by atoms with Crippen LogP contribution in [0.4, 0.5) is 0 Å². The lowest BCUT2D eigenvalue weighted by molar-refractivity contribution is -0.152. The highest BCUT2D eigenvalue weighted by Crippen LogP contribution is 2.36. The third-order valence-electron chi connectivity index (χ3n) is 4.83. The average Bonchev–Trinajstić information content (AvgIpc) is 2.94. The van der Waals surface area contributed by atoms with E-state index >= 15 is 0 Å². The molecule has 3 N–H and O–H groups in total. The average molecular weight is 394 g/mol. The first kappa shape index (κ1) is 20.1. The van der Waals surface area contributed by atoms with Crippen LogP contribution in [-0.2, 0) is 16.1 Å². The molecular formula is C22H22N2O5. The molecule has 0 spiro atoms. The monoisotopic (exact) mass is 394 g/mol. The Bertz CT molecular complexity index is 1110. The Morgan fingerprint density at radius 1 is 1.07 bits per heavy atom. The molecule has 0 aliphatic carbocycles. The zero-order valence-corrected chi connectivity index (χ0v) is 16.4. The van der Waals surface area contributed by atoms with Crippen molar-refractivity contribution in [3.63, 3.8) is 0 Å². The van der Waals surface area contributed by atoms with Crippen LogP contribution in [0.2, 0.25) is 0 Å². The molecule has 1 aromatic heterocycles. The number of carboxylic acids is 1. The van der Waals surface area contributed by atoms with Gasteiger partial charge < -0.3 is 20.1 Å². The van der Waals surface area contributed by atoms with Crippen molar-refractivity contribution in [3.05, 3.63) is 65.4 Å². The van der Waals surface area contributed by atoms with Crippen molar-refractivity contribution < 1.29 is 24.2 Å². The Morgan fingerprint density at radius 3 is 2.31 bits per heavy atom. The standard InChI is InChI=1S/C22H22N2O5/c1-13-17(19(25)20(23)26)18-15(24(13)12-14-8-5-4-6-9-14)10-7-11-16(18)29-22(2,3)21(27)28/h4-11H,12H2,1-3H3,(H2,23,26)(H,27,28). The largest absolute Gasteiger partial charge is 0.478 e. The van der Waals surface area contributed by atoms with Crippen LogP contribution in [0.1, 0.15) is 35.5 Å². The number of nitrogens with two attached hydrogens (primary N) is 1. The van der Waals surface area contributed by atoms with Crippen molar-refractivity contribution in [2.45, 2.75) is 32.9 Å². The number of carboxylic acid groups (broad SMARTS) is 1. The third kappa shape index (κ3) is 3.71. The van der Waals surface area contributed by atoms with Crippen molar-refractivity contribution in [2.24, 2.45) is 5.73 Å². The summed E-state index contributed by atoms with van der Waals surface area (Å²) in [4.78, 5) is 35.9. The highest BCUT2D eigenvalue weighted by Gasteiger charge is 2.32.